The summed E-state index contributed by atoms with van der Waals surface area (Å²) in [6.45, 7) is 8.01. The third kappa shape index (κ3) is 7.39. The van der Waals surface area contributed by atoms with E-state index in [9.17, 15) is 0 Å². The Hall–Kier alpha value is -1.79. The Morgan fingerprint density at radius 3 is 2.41 bits per heavy atom. The zero-order valence-electron chi connectivity index (χ0n) is 16.1. The van der Waals surface area contributed by atoms with Gasteiger partial charge in [-0.05, 0) is 37.1 Å². The van der Waals surface area contributed by atoms with Gasteiger partial charge in [0, 0.05) is 26.2 Å². The van der Waals surface area contributed by atoms with Gasteiger partial charge in [-0.2, -0.15) is 0 Å². The molecular weight excluding hydrogens is 364 g/mol. The minimum absolute atomic E-state index is 0.150. The van der Waals surface area contributed by atoms with Crippen LogP contribution in [0.1, 0.15) is 23.6 Å². The van der Waals surface area contributed by atoms with Crippen LogP contribution in [-0.2, 0) is 13.2 Å². The molecule has 6 heteroatoms. The molecule has 0 amide bonds. The molecule has 0 bridgehead atoms. The highest BCUT2D eigenvalue weighted by Gasteiger charge is 2.13. The average Bonchev–Trinajstić information content (AvgIpc) is 2.65. The first kappa shape index (κ1) is 21.5. The monoisotopic (exact) mass is 392 g/mol. The van der Waals surface area contributed by atoms with Gasteiger partial charge in [-0.25, -0.2) is 0 Å². The fraction of sp³-hybridized carbons (Fsp3) is 0.429. The van der Waals surface area contributed by atoms with Gasteiger partial charge in [0.1, 0.15) is 6.61 Å². The summed E-state index contributed by atoms with van der Waals surface area (Å²) in [6.07, 6.45) is 0. The molecule has 0 aliphatic heterocycles. The molecule has 0 saturated heterocycles. The Morgan fingerprint density at radius 1 is 0.963 bits per heavy atom. The maximum Gasteiger partial charge on any atom is 0.180 e. The number of rotatable bonds is 12. The van der Waals surface area contributed by atoms with E-state index in [0.717, 1.165) is 24.2 Å². The van der Waals surface area contributed by atoms with Crippen molar-refractivity contribution in [3.05, 3.63) is 58.1 Å². The highest BCUT2D eigenvalue weighted by Crippen LogP contribution is 2.37. The molecule has 0 spiro atoms. The molecule has 3 N–H and O–H groups in total. The van der Waals surface area contributed by atoms with Gasteiger partial charge in [0.05, 0.1) is 18.2 Å². The van der Waals surface area contributed by atoms with Crippen LogP contribution in [0.15, 0.2) is 36.4 Å². The van der Waals surface area contributed by atoms with Crippen LogP contribution in [0, 0.1) is 6.92 Å². The summed E-state index contributed by atoms with van der Waals surface area (Å²) in [5.74, 6) is 1.24. The van der Waals surface area contributed by atoms with Gasteiger partial charge < -0.3 is 25.2 Å². The topological polar surface area (TPSA) is 62.8 Å². The molecule has 0 unspecified atom stereocenters. The summed E-state index contributed by atoms with van der Waals surface area (Å²) in [4.78, 5) is 0. The van der Waals surface area contributed by atoms with Crippen LogP contribution < -0.4 is 20.1 Å². The fourth-order valence-electron chi connectivity index (χ4n) is 2.58. The SMILES string of the molecule is CCOc1cc(CNCCNCCO)cc(Cl)c1OCc1ccc(C)cc1. The summed E-state index contributed by atoms with van der Waals surface area (Å²) in [5, 5.41) is 15.8. The van der Waals surface area contributed by atoms with Crippen molar-refractivity contribution >= 4 is 11.6 Å². The van der Waals surface area contributed by atoms with E-state index in [2.05, 4.69) is 29.7 Å². The molecule has 27 heavy (non-hydrogen) atoms. The van der Waals surface area contributed by atoms with Crippen molar-refractivity contribution < 1.29 is 14.6 Å². The minimum Gasteiger partial charge on any atom is -0.490 e. The molecule has 0 aliphatic carbocycles. The van der Waals surface area contributed by atoms with E-state index in [0.29, 0.717) is 42.8 Å². The van der Waals surface area contributed by atoms with E-state index in [1.54, 1.807) is 0 Å². The van der Waals surface area contributed by atoms with E-state index < -0.39 is 0 Å². The molecular formula is C21H29ClN2O3. The number of aryl methyl sites for hydroxylation is 1. The van der Waals surface area contributed by atoms with Crippen LogP contribution in [0.4, 0.5) is 0 Å². The standard InChI is InChI=1S/C21H29ClN2O3/c1-3-26-20-13-18(14-24-9-8-23-10-11-25)12-19(22)21(20)27-15-17-6-4-16(2)5-7-17/h4-7,12-13,23-25H,3,8-11,14-15H2,1-2H3. The van der Waals surface area contributed by atoms with Crippen molar-refractivity contribution in [2.45, 2.75) is 27.0 Å². The second-order valence-corrected chi connectivity index (χ2v) is 6.67. The third-order valence-electron chi connectivity index (χ3n) is 3.97. The second-order valence-electron chi connectivity index (χ2n) is 6.26. The Morgan fingerprint density at radius 2 is 1.70 bits per heavy atom. The summed E-state index contributed by atoms with van der Waals surface area (Å²) in [5.41, 5.74) is 3.34. The first-order valence-corrected chi connectivity index (χ1v) is 9.67. The largest absolute Gasteiger partial charge is 0.490 e. The van der Waals surface area contributed by atoms with Crippen LogP contribution in [-0.4, -0.2) is 38.0 Å². The lowest BCUT2D eigenvalue weighted by molar-refractivity contribution is 0.269. The van der Waals surface area contributed by atoms with Crippen LogP contribution in [0.25, 0.3) is 0 Å². The second kappa shape index (κ2) is 11.8. The van der Waals surface area contributed by atoms with Gasteiger partial charge in [0.25, 0.3) is 0 Å². The number of hydrogen-bond donors (Lipinski definition) is 3. The van der Waals surface area contributed by atoms with Gasteiger partial charge in [-0.3, -0.25) is 0 Å². The van der Waals surface area contributed by atoms with Gasteiger partial charge in [0.15, 0.2) is 11.5 Å². The smallest absolute Gasteiger partial charge is 0.180 e. The number of aliphatic hydroxyl groups is 1. The minimum atomic E-state index is 0.150. The predicted octanol–water partition coefficient (Wildman–Crippen LogP) is 3.30. The highest BCUT2D eigenvalue weighted by atomic mass is 35.5. The van der Waals surface area contributed by atoms with Crippen LogP contribution in [0.2, 0.25) is 5.02 Å². The fourth-order valence-corrected chi connectivity index (χ4v) is 2.87. The maximum absolute atomic E-state index is 8.74. The molecule has 2 aromatic rings. The Kier molecular flexibility index (Phi) is 9.42. The van der Waals surface area contributed by atoms with E-state index in [4.69, 9.17) is 26.2 Å². The number of aliphatic hydroxyl groups excluding tert-OH is 1. The molecule has 148 valence electrons. The van der Waals surface area contributed by atoms with Crippen LogP contribution >= 0.6 is 11.6 Å². The maximum atomic E-state index is 8.74. The Labute approximate surface area is 166 Å². The van der Waals surface area contributed by atoms with Gasteiger partial charge >= 0.3 is 0 Å². The zero-order chi connectivity index (χ0) is 19.5. The molecule has 0 saturated carbocycles. The van der Waals surface area contributed by atoms with E-state index >= 15 is 0 Å². The van der Waals surface area contributed by atoms with E-state index in [1.165, 1.54) is 5.56 Å². The van der Waals surface area contributed by atoms with Gasteiger partial charge in [0.2, 0.25) is 0 Å². The summed E-state index contributed by atoms with van der Waals surface area (Å²) >= 11 is 6.47. The van der Waals surface area contributed by atoms with Crippen molar-refractivity contribution in [2.24, 2.45) is 0 Å². The van der Waals surface area contributed by atoms with E-state index in [-0.39, 0.29) is 6.61 Å². The van der Waals surface area contributed by atoms with Crippen molar-refractivity contribution in [3.63, 3.8) is 0 Å². The van der Waals surface area contributed by atoms with Crippen molar-refractivity contribution in [3.8, 4) is 11.5 Å². The number of halogens is 1. The van der Waals surface area contributed by atoms with Crippen molar-refractivity contribution in [2.75, 3.05) is 32.8 Å². The molecule has 0 aromatic heterocycles. The Balaban J connectivity index is 1.98. The lowest BCUT2D eigenvalue weighted by Crippen LogP contribution is -2.28. The van der Waals surface area contributed by atoms with Crippen LogP contribution in [0.5, 0.6) is 11.5 Å². The first-order chi connectivity index (χ1) is 13.1. The predicted molar refractivity (Wildman–Crippen MR) is 110 cm³/mol. The molecule has 0 fully saturated rings. The average molecular weight is 393 g/mol. The molecule has 2 rings (SSSR count). The van der Waals surface area contributed by atoms with Gasteiger partial charge in [-0.1, -0.05) is 41.4 Å². The van der Waals surface area contributed by atoms with E-state index in [1.807, 2.05) is 31.2 Å². The first-order valence-electron chi connectivity index (χ1n) is 9.30. The molecule has 2 aromatic carbocycles. The quantitative estimate of drug-likeness (QED) is 0.484. The molecule has 5 nitrogen and oxygen atoms in total. The summed E-state index contributed by atoms with van der Waals surface area (Å²) in [6, 6.07) is 12.1. The number of benzene rings is 2. The number of hydrogen-bond acceptors (Lipinski definition) is 5. The molecule has 0 heterocycles. The van der Waals surface area contributed by atoms with Crippen molar-refractivity contribution in [1.82, 2.24) is 10.6 Å². The summed E-state index contributed by atoms with van der Waals surface area (Å²) < 4.78 is 11.7. The van der Waals surface area contributed by atoms with Crippen molar-refractivity contribution in [1.29, 1.82) is 0 Å². The number of nitrogens with one attached hydrogen (secondary N) is 2. The molecule has 0 aliphatic rings. The lowest BCUT2D eigenvalue weighted by atomic mass is 10.1. The highest BCUT2D eigenvalue weighted by molar-refractivity contribution is 6.32. The number of ether oxygens (including phenoxy) is 2. The zero-order valence-corrected chi connectivity index (χ0v) is 16.8. The Bertz CT molecular complexity index is 693. The normalized spacial score (nSPS) is 10.8. The van der Waals surface area contributed by atoms with Gasteiger partial charge in [-0.15, -0.1) is 0 Å². The van der Waals surface area contributed by atoms with Crippen LogP contribution in [0.3, 0.4) is 0 Å². The molecule has 0 radical (unpaired) electrons. The summed E-state index contributed by atoms with van der Waals surface area (Å²) in [7, 11) is 0. The third-order valence-corrected chi connectivity index (χ3v) is 4.25. The lowest BCUT2D eigenvalue weighted by Gasteiger charge is -2.16. The molecule has 0 atom stereocenters.